The van der Waals surface area contributed by atoms with Gasteiger partial charge in [-0.1, -0.05) is 65.8 Å². The number of rotatable bonds is 7. The van der Waals surface area contributed by atoms with E-state index >= 15 is 0 Å². The number of piperidine rings is 1. The van der Waals surface area contributed by atoms with Gasteiger partial charge in [0.2, 0.25) is 5.91 Å². The first kappa shape index (κ1) is 25.0. The average Bonchev–Trinajstić information content (AvgIpc) is 2.79. The van der Waals surface area contributed by atoms with Gasteiger partial charge in [-0.25, -0.2) is 0 Å². The molecule has 2 unspecified atom stereocenters. The molecule has 1 fully saturated rings. The van der Waals surface area contributed by atoms with E-state index in [1.54, 1.807) is 9.80 Å². The second-order valence-electron chi connectivity index (χ2n) is 9.58. The third-order valence-electron chi connectivity index (χ3n) is 6.39. The molecule has 7 heteroatoms. The Morgan fingerprint density at radius 2 is 1.94 bits per heavy atom. The lowest BCUT2D eigenvalue weighted by atomic mass is 9.92. The number of nitrogens with zero attached hydrogens (tertiary/aromatic N) is 1. The number of fused-ring (bicyclic) bond motifs is 1. The third-order valence-corrected chi connectivity index (χ3v) is 7.96. The summed E-state index contributed by atoms with van der Waals surface area (Å²) in [5.74, 6) is 1.29. The molecule has 2 aliphatic rings. The van der Waals surface area contributed by atoms with Crippen LogP contribution in [0.5, 0.6) is 0 Å². The Bertz CT molecular complexity index is 1060. The fraction of sp³-hybridized carbons (Fsp3) is 0.407. The molecule has 0 saturated carbocycles. The maximum atomic E-state index is 13.4. The lowest BCUT2D eigenvalue weighted by molar-refractivity contribution is -0.912. The highest BCUT2D eigenvalue weighted by Gasteiger charge is 2.30. The number of hydrogen-bond donors (Lipinski definition) is 2. The Balaban J connectivity index is 1.38. The Labute approximate surface area is 215 Å². The number of amides is 2. The van der Waals surface area contributed by atoms with E-state index in [1.165, 1.54) is 31.3 Å². The van der Waals surface area contributed by atoms with Gasteiger partial charge in [0.05, 0.1) is 30.2 Å². The van der Waals surface area contributed by atoms with Crippen molar-refractivity contribution in [2.24, 2.45) is 11.8 Å². The molecule has 0 radical (unpaired) electrons. The molecular weight excluding hydrogens is 510 g/mol. The molecule has 2 atom stereocenters. The minimum absolute atomic E-state index is 0.0247. The number of thioether (sulfide) groups is 1. The number of benzene rings is 2. The van der Waals surface area contributed by atoms with E-state index in [0.29, 0.717) is 11.4 Å². The molecule has 2 heterocycles. The van der Waals surface area contributed by atoms with E-state index in [1.807, 2.05) is 54.6 Å². The molecule has 5 nitrogen and oxygen atoms in total. The van der Waals surface area contributed by atoms with E-state index in [9.17, 15) is 9.59 Å². The van der Waals surface area contributed by atoms with Crippen LogP contribution in [0.25, 0.3) is 6.08 Å². The van der Waals surface area contributed by atoms with Crippen LogP contribution in [0.4, 0.5) is 5.69 Å². The maximum Gasteiger partial charge on any atom is 0.265 e. The maximum absolute atomic E-state index is 13.4. The highest BCUT2D eigenvalue weighted by molar-refractivity contribution is 9.10. The lowest BCUT2D eigenvalue weighted by Gasteiger charge is -2.32. The molecule has 2 aromatic rings. The first-order valence-electron chi connectivity index (χ1n) is 12.1. The summed E-state index contributed by atoms with van der Waals surface area (Å²) >= 11 is 4.94. The van der Waals surface area contributed by atoms with Crippen molar-refractivity contribution in [1.29, 1.82) is 0 Å². The van der Waals surface area contributed by atoms with Crippen LogP contribution in [-0.2, 0) is 9.59 Å². The van der Waals surface area contributed by atoms with Gasteiger partial charge >= 0.3 is 0 Å². The van der Waals surface area contributed by atoms with Crippen molar-refractivity contribution in [3.05, 3.63) is 63.5 Å². The molecule has 0 aliphatic carbocycles. The van der Waals surface area contributed by atoms with Gasteiger partial charge in [-0.15, -0.1) is 0 Å². The fourth-order valence-corrected chi connectivity index (χ4v) is 6.54. The zero-order valence-electron chi connectivity index (χ0n) is 19.9. The Morgan fingerprint density at radius 3 is 2.71 bits per heavy atom. The van der Waals surface area contributed by atoms with Crippen molar-refractivity contribution < 1.29 is 14.5 Å². The minimum Gasteiger partial charge on any atom is -0.354 e. The summed E-state index contributed by atoms with van der Waals surface area (Å²) in [7, 11) is 0. The topological polar surface area (TPSA) is 53.9 Å². The van der Waals surface area contributed by atoms with Crippen LogP contribution in [0.15, 0.2) is 62.8 Å². The van der Waals surface area contributed by atoms with Gasteiger partial charge in [0.1, 0.15) is 6.54 Å². The van der Waals surface area contributed by atoms with Gasteiger partial charge in [0.25, 0.3) is 5.91 Å². The van der Waals surface area contributed by atoms with Crippen LogP contribution in [-0.4, -0.2) is 44.5 Å². The predicted molar refractivity (Wildman–Crippen MR) is 143 cm³/mol. The van der Waals surface area contributed by atoms with Crippen LogP contribution in [0.1, 0.15) is 32.3 Å². The van der Waals surface area contributed by atoms with Gasteiger partial charge in [-0.05, 0) is 42.3 Å². The van der Waals surface area contributed by atoms with Gasteiger partial charge in [0.15, 0.2) is 0 Å². The highest BCUT2D eigenvalue weighted by Crippen LogP contribution is 2.42. The molecular formula is C27H33BrN3O2S+. The molecule has 34 heavy (non-hydrogen) atoms. The summed E-state index contributed by atoms with van der Waals surface area (Å²) < 4.78 is 0.960. The standard InChI is InChI=1S/C27H32BrN3O2S/c1-19-13-20(2)17-30(16-19)12-6-11-29-26(32)18-31-23-9-3-4-10-24(23)34-25(27(31)33)15-21-7-5-8-22(28)14-21/h3-5,7-10,14-15,19-20H,6,11-13,16-18H2,1-2H3,(H,29,32)/p+1. The molecule has 4 rings (SSSR count). The summed E-state index contributed by atoms with van der Waals surface area (Å²) in [4.78, 5) is 31.0. The van der Waals surface area contributed by atoms with Crippen LogP contribution in [0.3, 0.4) is 0 Å². The Hall–Kier alpha value is -2.09. The molecule has 2 aliphatic heterocycles. The van der Waals surface area contributed by atoms with Gasteiger partial charge in [-0.3, -0.25) is 14.5 Å². The summed E-state index contributed by atoms with van der Waals surface area (Å²) in [6.45, 7) is 8.87. The second kappa shape index (κ2) is 11.6. The number of halogens is 1. The SMILES string of the molecule is CC1CC(C)C[NH+](CCCNC(=O)CN2C(=O)C(=Cc3cccc(Br)c3)Sc3ccccc32)C1. The van der Waals surface area contributed by atoms with Crippen molar-refractivity contribution in [1.82, 2.24) is 5.32 Å². The Morgan fingerprint density at radius 1 is 1.18 bits per heavy atom. The van der Waals surface area contributed by atoms with Crippen molar-refractivity contribution in [3.63, 3.8) is 0 Å². The largest absolute Gasteiger partial charge is 0.354 e. The smallest absolute Gasteiger partial charge is 0.265 e. The van der Waals surface area contributed by atoms with Crippen molar-refractivity contribution >= 4 is 51.3 Å². The average molecular weight is 544 g/mol. The summed E-state index contributed by atoms with van der Waals surface area (Å²) in [5.41, 5.74) is 1.73. The van der Waals surface area contributed by atoms with E-state index in [2.05, 4.69) is 35.1 Å². The molecule has 0 aromatic heterocycles. The molecule has 0 bridgehead atoms. The predicted octanol–water partition coefficient (Wildman–Crippen LogP) is 4.00. The van der Waals surface area contributed by atoms with Crippen LogP contribution < -0.4 is 15.1 Å². The first-order chi connectivity index (χ1) is 16.4. The number of nitrogens with one attached hydrogen (secondary N) is 2. The summed E-state index contributed by atoms with van der Waals surface area (Å²) in [5, 5.41) is 3.04. The molecule has 2 N–H and O–H groups in total. The third kappa shape index (κ3) is 6.52. The van der Waals surface area contributed by atoms with Crippen LogP contribution in [0.2, 0.25) is 0 Å². The highest BCUT2D eigenvalue weighted by atomic mass is 79.9. The van der Waals surface area contributed by atoms with Crippen LogP contribution in [0, 0.1) is 11.8 Å². The lowest BCUT2D eigenvalue weighted by Crippen LogP contribution is -3.14. The molecule has 0 spiro atoms. The molecule has 180 valence electrons. The number of carbonyl (C=O) groups excluding carboxylic acids is 2. The summed E-state index contributed by atoms with van der Waals surface area (Å²) in [6.07, 6.45) is 4.17. The number of quaternary nitrogens is 1. The zero-order chi connectivity index (χ0) is 24.1. The number of hydrogen-bond acceptors (Lipinski definition) is 3. The number of likely N-dealkylation sites (tertiary alicyclic amines) is 1. The number of anilines is 1. The van der Waals surface area contributed by atoms with E-state index in [0.717, 1.165) is 45.4 Å². The van der Waals surface area contributed by atoms with E-state index < -0.39 is 0 Å². The molecule has 2 amide bonds. The van der Waals surface area contributed by atoms with Crippen molar-refractivity contribution in [3.8, 4) is 0 Å². The zero-order valence-corrected chi connectivity index (χ0v) is 22.3. The van der Waals surface area contributed by atoms with Crippen molar-refractivity contribution in [2.45, 2.75) is 31.6 Å². The molecule has 1 saturated heterocycles. The Kier molecular flexibility index (Phi) is 8.51. The number of para-hydroxylation sites is 1. The van der Waals surface area contributed by atoms with E-state index in [-0.39, 0.29) is 18.4 Å². The first-order valence-corrected chi connectivity index (χ1v) is 13.7. The fourth-order valence-electron chi connectivity index (χ4n) is 5.06. The number of carbonyl (C=O) groups is 2. The van der Waals surface area contributed by atoms with E-state index in [4.69, 9.17) is 0 Å². The van der Waals surface area contributed by atoms with Gasteiger partial charge in [-0.2, -0.15) is 0 Å². The quantitative estimate of drug-likeness (QED) is 0.410. The van der Waals surface area contributed by atoms with Crippen LogP contribution >= 0.6 is 27.7 Å². The van der Waals surface area contributed by atoms with Crippen molar-refractivity contribution in [2.75, 3.05) is 37.6 Å². The molecule has 2 aromatic carbocycles. The van der Waals surface area contributed by atoms with Gasteiger partial charge < -0.3 is 10.2 Å². The van der Waals surface area contributed by atoms with Gasteiger partial charge in [0, 0.05) is 34.2 Å². The minimum atomic E-state index is -0.139. The normalized spacial score (nSPS) is 23.6. The summed E-state index contributed by atoms with van der Waals surface area (Å²) in [6, 6.07) is 15.6. The monoisotopic (exact) mass is 542 g/mol. The second-order valence-corrected chi connectivity index (χ2v) is 11.6.